The second kappa shape index (κ2) is 10.9. The minimum atomic E-state index is -1.24. The van der Waals surface area contributed by atoms with E-state index >= 15 is 0 Å². The van der Waals surface area contributed by atoms with Gasteiger partial charge in [0.05, 0.1) is 6.61 Å². The topological polar surface area (TPSA) is 29.5 Å². The highest BCUT2D eigenvalue weighted by Crippen LogP contribution is 2.31. The molecule has 0 radical (unpaired) electrons. The summed E-state index contributed by atoms with van der Waals surface area (Å²) in [5, 5.41) is 9.15. The van der Waals surface area contributed by atoms with Crippen LogP contribution in [0.25, 0.3) is 0 Å². The maximum atomic E-state index is 14.2. The molecule has 2 unspecified atom stereocenters. The van der Waals surface area contributed by atoms with Gasteiger partial charge in [-0.25, -0.2) is 8.78 Å². The van der Waals surface area contributed by atoms with Crippen LogP contribution in [0.3, 0.4) is 0 Å². The largest absolute Gasteiger partial charge is 0.505 e. The molecule has 1 N–H and O–H groups in total. The van der Waals surface area contributed by atoms with Crippen molar-refractivity contribution >= 4 is 0 Å². The second-order valence-corrected chi connectivity index (χ2v) is 7.00. The van der Waals surface area contributed by atoms with Crippen LogP contribution in [0.15, 0.2) is 48.3 Å². The number of aryl methyl sites for hydroxylation is 1. The third kappa shape index (κ3) is 6.43. The highest BCUT2D eigenvalue weighted by atomic mass is 19.2. The highest BCUT2D eigenvalue weighted by Gasteiger charge is 2.20. The molecule has 0 fully saturated rings. The Bertz CT molecular complexity index is 740. The number of allylic oxidation sites excluding steroid dienone is 3. The molecule has 0 heterocycles. The number of hydrogen-bond donors (Lipinski definition) is 1. The molecule has 0 aromatic heterocycles. The highest BCUT2D eigenvalue weighted by molar-refractivity contribution is 5.33. The van der Waals surface area contributed by atoms with Gasteiger partial charge in [-0.2, -0.15) is 8.78 Å². The maximum Gasteiger partial charge on any atom is 0.200 e. The van der Waals surface area contributed by atoms with Gasteiger partial charge in [-0.15, -0.1) is 0 Å². The van der Waals surface area contributed by atoms with E-state index in [2.05, 4.69) is 13.2 Å². The molecule has 0 spiro atoms. The van der Waals surface area contributed by atoms with E-state index in [4.69, 9.17) is 9.84 Å². The van der Waals surface area contributed by atoms with Crippen molar-refractivity contribution in [3.8, 4) is 5.75 Å². The molecule has 28 heavy (non-hydrogen) atoms. The Kier molecular flexibility index (Phi) is 9.29. The van der Waals surface area contributed by atoms with Crippen molar-refractivity contribution in [1.29, 1.82) is 0 Å². The molecule has 6 heteroatoms. The first-order valence-electron chi connectivity index (χ1n) is 9.32. The Balaban J connectivity index is 2.57. The fourth-order valence-electron chi connectivity index (χ4n) is 2.74. The second-order valence-electron chi connectivity index (χ2n) is 7.00. The lowest BCUT2D eigenvalue weighted by Gasteiger charge is -2.18. The minimum absolute atomic E-state index is 0.0391. The van der Waals surface area contributed by atoms with Crippen LogP contribution in [0, 0.1) is 23.5 Å². The van der Waals surface area contributed by atoms with Gasteiger partial charge < -0.3 is 9.84 Å². The molecule has 0 aliphatic rings. The normalized spacial score (nSPS) is 14.2. The van der Waals surface area contributed by atoms with Gasteiger partial charge in [0.25, 0.3) is 0 Å². The molecule has 1 aromatic carbocycles. The van der Waals surface area contributed by atoms with Gasteiger partial charge in [0.1, 0.15) is 0 Å². The molecule has 156 valence electrons. The summed E-state index contributed by atoms with van der Waals surface area (Å²) >= 11 is 0. The van der Waals surface area contributed by atoms with Gasteiger partial charge in [0.2, 0.25) is 5.82 Å². The van der Waals surface area contributed by atoms with E-state index in [0.717, 1.165) is 6.07 Å². The van der Waals surface area contributed by atoms with Crippen LogP contribution in [-0.4, -0.2) is 11.7 Å². The Morgan fingerprint density at radius 2 is 1.68 bits per heavy atom. The quantitative estimate of drug-likeness (QED) is 0.248. The maximum absolute atomic E-state index is 14.2. The summed E-state index contributed by atoms with van der Waals surface area (Å²) < 4.78 is 60.1. The van der Waals surface area contributed by atoms with Crippen molar-refractivity contribution in [2.24, 2.45) is 11.8 Å². The number of hydrogen-bond acceptors (Lipinski definition) is 2. The van der Waals surface area contributed by atoms with E-state index in [1.165, 1.54) is 6.07 Å². The number of ether oxygens (including phenoxy) is 1. The van der Waals surface area contributed by atoms with Gasteiger partial charge in [-0.05, 0) is 55.2 Å². The lowest BCUT2D eigenvalue weighted by molar-refractivity contribution is 0.223. The molecule has 0 amide bonds. The number of rotatable bonds is 11. The van der Waals surface area contributed by atoms with Crippen LogP contribution in [-0.2, 0) is 11.2 Å². The van der Waals surface area contributed by atoms with E-state index in [1.807, 2.05) is 6.92 Å². The SMILES string of the molecule is C=C(OCC)/C(F)=C(/F)C(=C)C(C)CCC(C)CCc1ccc(O)c(F)c1F. The molecule has 0 saturated heterocycles. The predicted molar refractivity (Wildman–Crippen MR) is 103 cm³/mol. The van der Waals surface area contributed by atoms with Gasteiger partial charge in [-0.1, -0.05) is 39.5 Å². The van der Waals surface area contributed by atoms with Crippen LogP contribution in [0.4, 0.5) is 17.6 Å². The summed E-state index contributed by atoms with van der Waals surface area (Å²) in [5.74, 6) is -5.69. The molecular weight excluding hydrogens is 372 g/mol. The minimum Gasteiger partial charge on any atom is -0.505 e. The molecule has 1 aromatic rings. The van der Waals surface area contributed by atoms with Crippen LogP contribution in [0.5, 0.6) is 5.75 Å². The third-order valence-corrected chi connectivity index (χ3v) is 4.77. The summed E-state index contributed by atoms with van der Waals surface area (Å²) in [6.07, 6.45) is 2.16. The van der Waals surface area contributed by atoms with Crippen LogP contribution < -0.4 is 0 Å². The van der Waals surface area contributed by atoms with Crippen molar-refractivity contribution < 1.29 is 27.4 Å². The average Bonchev–Trinajstić information content (AvgIpc) is 2.68. The lowest BCUT2D eigenvalue weighted by atomic mass is 9.89. The molecule has 0 aliphatic carbocycles. The molecule has 2 nitrogen and oxygen atoms in total. The Morgan fingerprint density at radius 1 is 1.04 bits per heavy atom. The van der Waals surface area contributed by atoms with Gasteiger partial charge in [-0.3, -0.25) is 0 Å². The fourth-order valence-corrected chi connectivity index (χ4v) is 2.74. The van der Waals surface area contributed by atoms with Crippen molar-refractivity contribution in [1.82, 2.24) is 0 Å². The Morgan fingerprint density at radius 3 is 2.29 bits per heavy atom. The number of benzene rings is 1. The summed E-state index contributed by atoms with van der Waals surface area (Å²) in [6.45, 7) is 12.5. The Hall–Kier alpha value is -2.24. The number of aromatic hydroxyl groups is 1. The average molecular weight is 400 g/mol. The monoisotopic (exact) mass is 400 g/mol. The summed E-state index contributed by atoms with van der Waals surface area (Å²) in [4.78, 5) is 0. The predicted octanol–water partition coefficient (Wildman–Crippen LogP) is 6.91. The zero-order valence-corrected chi connectivity index (χ0v) is 16.6. The lowest BCUT2D eigenvalue weighted by Crippen LogP contribution is -2.06. The van der Waals surface area contributed by atoms with E-state index in [0.29, 0.717) is 25.7 Å². The van der Waals surface area contributed by atoms with Crippen molar-refractivity contribution in [2.75, 3.05) is 6.61 Å². The first kappa shape index (κ1) is 23.8. The van der Waals surface area contributed by atoms with Crippen LogP contribution in [0.2, 0.25) is 0 Å². The van der Waals surface area contributed by atoms with Gasteiger partial charge in [0.15, 0.2) is 29.0 Å². The van der Waals surface area contributed by atoms with Gasteiger partial charge >= 0.3 is 0 Å². The number of phenolic OH excluding ortho intramolecular Hbond substituents is 1. The first-order chi connectivity index (χ1) is 13.1. The molecule has 1 rings (SSSR count). The number of halogens is 4. The molecule has 0 saturated carbocycles. The van der Waals surface area contributed by atoms with E-state index in [-0.39, 0.29) is 35.3 Å². The van der Waals surface area contributed by atoms with E-state index in [1.54, 1.807) is 13.8 Å². The van der Waals surface area contributed by atoms with Gasteiger partial charge in [0, 0.05) is 0 Å². The number of phenols is 1. The van der Waals surface area contributed by atoms with E-state index in [9.17, 15) is 17.6 Å². The molecule has 0 bridgehead atoms. The van der Waals surface area contributed by atoms with Crippen LogP contribution in [0.1, 0.15) is 45.6 Å². The molecule has 2 atom stereocenters. The smallest absolute Gasteiger partial charge is 0.200 e. The van der Waals surface area contributed by atoms with Crippen LogP contribution >= 0.6 is 0 Å². The summed E-state index contributed by atoms with van der Waals surface area (Å²) in [5.41, 5.74) is 0.238. The van der Waals surface area contributed by atoms with Crippen molar-refractivity contribution in [3.63, 3.8) is 0 Å². The van der Waals surface area contributed by atoms with E-state index < -0.39 is 29.0 Å². The zero-order valence-electron chi connectivity index (χ0n) is 16.6. The first-order valence-corrected chi connectivity index (χ1v) is 9.32. The van der Waals surface area contributed by atoms with Crippen molar-refractivity contribution in [2.45, 2.75) is 46.5 Å². The van der Waals surface area contributed by atoms with Crippen molar-refractivity contribution in [3.05, 3.63) is 65.5 Å². The summed E-state index contributed by atoms with van der Waals surface area (Å²) in [6, 6.07) is 2.49. The Labute approximate surface area is 164 Å². The zero-order chi connectivity index (χ0) is 21.4. The fraction of sp³-hybridized carbons (Fsp3) is 0.455. The standard InChI is InChI=1S/C22H28F4O2/c1-6-28-16(5)20(24)19(23)15(4)14(3)9-7-13(2)8-10-17-11-12-18(27)22(26)21(17)25/h11-14,27H,4-10H2,1-3H3/b20-19-. The summed E-state index contributed by atoms with van der Waals surface area (Å²) in [7, 11) is 0. The molecule has 0 aliphatic heterocycles. The third-order valence-electron chi connectivity index (χ3n) is 4.77. The molecular formula is C22H28F4O2.